The van der Waals surface area contributed by atoms with Crippen molar-refractivity contribution in [3.05, 3.63) is 35.4 Å². The summed E-state index contributed by atoms with van der Waals surface area (Å²) in [5, 5.41) is 8.81. The molecule has 1 aromatic carbocycles. The summed E-state index contributed by atoms with van der Waals surface area (Å²) in [5.74, 6) is 0. The first-order valence-corrected chi connectivity index (χ1v) is 10.1. The largest absolute Gasteiger partial charge is 0.396 e. The third-order valence-electron chi connectivity index (χ3n) is 4.72. The standard InChI is InChI=1S/C22H38O/c1-2-3-4-5-6-7-8-9-10-11-14-21-16-18-22(19-17-21)15-12-13-20-23/h16-19,23H,2-15,20H2,1H3. The van der Waals surface area contributed by atoms with E-state index >= 15 is 0 Å². The van der Waals surface area contributed by atoms with Gasteiger partial charge in [0.1, 0.15) is 0 Å². The van der Waals surface area contributed by atoms with Crippen LogP contribution in [0.4, 0.5) is 0 Å². The Kier molecular flexibility index (Phi) is 13.0. The fourth-order valence-corrected chi connectivity index (χ4v) is 3.13. The van der Waals surface area contributed by atoms with Gasteiger partial charge in [-0.25, -0.2) is 0 Å². The summed E-state index contributed by atoms with van der Waals surface area (Å²) in [6.45, 7) is 2.60. The average Bonchev–Trinajstić information content (AvgIpc) is 2.58. The lowest BCUT2D eigenvalue weighted by Gasteiger charge is -2.05. The van der Waals surface area contributed by atoms with E-state index in [0.717, 1.165) is 19.3 Å². The molecule has 1 rings (SSSR count). The molecular weight excluding hydrogens is 280 g/mol. The molecule has 0 atom stereocenters. The Hall–Kier alpha value is -0.820. The number of unbranched alkanes of at least 4 members (excludes halogenated alkanes) is 10. The van der Waals surface area contributed by atoms with Gasteiger partial charge in [0.25, 0.3) is 0 Å². The molecule has 1 nitrogen and oxygen atoms in total. The van der Waals surface area contributed by atoms with E-state index in [1.54, 1.807) is 0 Å². The van der Waals surface area contributed by atoms with E-state index in [1.165, 1.54) is 81.8 Å². The number of rotatable bonds is 15. The molecule has 0 unspecified atom stereocenters. The van der Waals surface area contributed by atoms with Crippen LogP contribution in [0.5, 0.6) is 0 Å². The van der Waals surface area contributed by atoms with Crippen molar-refractivity contribution in [2.45, 2.75) is 96.8 Å². The predicted octanol–water partition coefficient (Wildman–Crippen LogP) is 6.47. The lowest BCUT2D eigenvalue weighted by molar-refractivity contribution is 0.284. The summed E-state index contributed by atoms with van der Waals surface area (Å²) >= 11 is 0. The van der Waals surface area contributed by atoms with E-state index in [4.69, 9.17) is 5.11 Å². The van der Waals surface area contributed by atoms with Crippen molar-refractivity contribution < 1.29 is 5.11 Å². The normalized spacial score (nSPS) is 11.0. The highest BCUT2D eigenvalue weighted by Gasteiger charge is 1.97. The third kappa shape index (κ3) is 11.4. The topological polar surface area (TPSA) is 20.2 Å². The minimum absolute atomic E-state index is 0.316. The quantitative estimate of drug-likeness (QED) is 0.368. The van der Waals surface area contributed by atoms with Gasteiger partial charge in [0.05, 0.1) is 0 Å². The van der Waals surface area contributed by atoms with Gasteiger partial charge in [-0.05, 0) is 43.2 Å². The highest BCUT2D eigenvalue weighted by molar-refractivity contribution is 5.22. The van der Waals surface area contributed by atoms with Crippen LogP contribution in [0.25, 0.3) is 0 Å². The Morgan fingerprint density at radius 3 is 1.39 bits per heavy atom. The van der Waals surface area contributed by atoms with Gasteiger partial charge >= 0.3 is 0 Å². The van der Waals surface area contributed by atoms with Crippen molar-refractivity contribution in [3.63, 3.8) is 0 Å². The second-order valence-electron chi connectivity index (χ2n) is 6.93. The van der Waals surface area contributed by atoms with Gasteiger partial charge in [-0.1, -0.05) is 89.0 Å². The van der Waals surface area contributed by atoms with E-state index < -0.39 is 0 Å². The summed E-state index contributed by atoms with van der Waals surface area (Å²) in [6, 6.07) is 9.12. The van der Waals surface area contributed by atoms with Crippen LogP contribution in [0, 0.1) is 0 Å². The van der Waals surface area contributed by atoms with Crippen molar-refractivity contribution >= 4 is 0 Å². The van der Waals surface area contributed by atoms with Crippen molar-refractivity contribution in [2.24, 2.45) is 0 Å². The molecule has 0 saturated carbocycles. The van der Waals surface area contributed by atoms with Crippen LogP contribution in [0.1, 0.15) is 95.1 Å². The summed E-state index contributed by atoms with van der Waals surface area (Å²) < 4.78 is 0. The van der Waals surface area contributed by atoms with Crippen molar-refractivity contribution in [2.75, 3.05) is 6.61 Å². The van der Waals surface area contributed by atoms with Gasteiger partial charge in [0.15, 0.2) is 0 Å². The molecule has 132 valence electrons. The lowest BCUT2D eigenvalue weighted by Crippen LogP contribution is -1.91. The van der Waals surface area contributed by atoms with Crippen LogP contribution in [0.2, 0.25) is 0 Å². The Morgan fingerprint density at radius 1 is 0.565 bits per heavy atom. The molecule has 0 radical (unpaired) electrons. The van der Waals surface area contributed by atoms with Gasteiger partial charge in [-0.2, -0.15) is 0 Å². The van der Waals surface area contributed by atoms with Crippen molar-refractivity contribution in [1.82, 2.24) is 0 Å². The van der Waals surface area contributed by atoms with Crippen molar-refractivity contribution in [3.8, 4) is 0 Å². The Morgan fingerprint density at radius 2 is 0.957 bits per heavy atom. The molecule has 0 heterocycles. The monoisotopic (exact) mass is 318 g/mol. The molecule has 0 fully saturated rings. The minimum atomic E-state index is 0.316. The van der Waals surface area contributed by atoms with Crippen LogP contribution < -0.4 is 0 Å². The number of benzene rings is 1. The van der Waals surface area contributed by atoms with E-state index in [9.17, 15) is 0 Å². The van der Waals surface area contributed by atoms with Gasteiger partial charge in [-0.3, -0.25) is 0 Å². The fourth-order valence-electron chi connectivity index (χ4n) is 3.13. The molecule has 0 amide bonds. The zero-order chi connectivity index (χ0) is 16.6. The molecule has 0 saturated heterocycles. The Labute approximate surface area is 144 Å². The maximum absolute atomic E-state index is 8.81. The molecule has 1 aromatic rings. The molecule has 0 aromatic heterocycles. The number of hydrogen-bond donors (Lipinski definition) is 1. The molecule has 0 spiro atoms. The Balaban J connectivity index is 1.97. The fraction of sp³-hybridized carbons (Fsp3) is 0.727. The molecule has 0 aliphatic carbocycles. The van der Waals surface area contributed by atoms with Crippen LogP contribution in [0.3, 0.4) is 0 Å². The van der Waals surface area contributed by atoms with E-state index in [0.29, 0.717) is 6.61 Å². The summed E-state index contributed by atoms with van der Waals surface area (Å²) in [5.41, 5.74) is 2.89. The number of hydrogen-bond acceptors (Lipinski definition) is 1. The Bertz CT molecular complexity index is 355. The highest BCUT2D eigenvalue weighted by atomic mass is 16.2. The first-order chi connectivity index (χ1) is 11.4. The zero-order valence-corrected chi connectivity index (χ0v) is 15.4. The second kappa shape index (κ2) is 14.8. The van der Waals surface area contributed by atoms with E-state index in [2.05, 4.69) is 31.2 Å². The first kappa shape index (κ1) is 20.2. The zero-order valence-electron chi connectivity index (χ0n) is 15.4. The van der Waals surface area contributed by atoms with Gasteiger partial charge in [0.2, 0.25) is 0 Å². The SMILES string of the molecule is CCCCCCCCCCCCc1ccc(CCCCO)cc1. The summed E-state index contributed by atoms with van der Waals surface area (Å²) in [4.78, 5) is 0. The maximum atomic E-state index is 8.81. The van der Waals surface area contributed by atoms with Gasteiger partial charge in [0, 0.05) is 6.61 Å². The number of aliphatic hydroxyl groups is 1. The average molecular weight is 319 g/mol. The molecule has 0 aliphatic rings. The van der Waals surface area contributed by atoms with E-state index in [1.807, 2.05) is 0 Å². The molecule has 1 N–H and O–H groups in total. The minimum Gasteiger partial charge on any atom is -0.396 e. The van der Waals surface area contributed by atoms with Crippen LogP contribution in [0.15, 0.2) is 24.3 Å². The number of aliphatic hydroxyl groups excluding tert-OH is 1. The predicted molar refractivity (Wildman–Crippen MR) is 102 cm³/mol. The third-order valence-corrected chi connectivity index (χ3v) is 4.72. The smallest absolute Gasteiger partial charge is 0.0431 e. The molecule has 1 heteroatoms. The van der Waals surface area contributed by atoms with E-state index in [-0.39, 0.29) is 0 Å². The van der Waals surface area contributed by atoms with Crippen LogP contribution in [-0.4, -0.2) is 11.7 Å². The summed E-state index contributed by atoms with van der Waals surface area (Å²) in [6.07, 6.45) is 18.4. The highest BCUT2D eigenvalue weighted by Crippen LogP contribution is 2.13. The summed E-state index contributed by atoms with van der Waals surface area (Å²) in [7, 11) is 0. The second-order valence-corrected chi connectivity index (χ2v) is 6.93. The number of aryl methyl sites for hydroxylation is 2. The van der Waals surface area contributed by atoms with Crippen LogP contribution >= 0.6 is 0 Å². The van der Waals surface area contributed by atoms with Gasteiger partial charge < -0.3 is 5.11 Å². The lowest BCUT2D eigenvalue weighted by atomic mass is 10.0. The molecule has 23 heavy (non-hydrogen) atoms. The molecular formula is C22H38O. The van der Waals surface area contributed by atoms with Crippen molar-refractivity contribution in [1.29, 1.82) is 0 Å². The molecule has 0 aliphatic heterocycles. The van der Waals surface area contributed by atoms with Gasteiger partial charge in [-0.15, -0.1) is 0 Å². The van der Waals surface area contributed by atoms with Crippen LogP contribution in [-0.2, 0) is 12.8 Å². The first-order valence-electron chi connectivity index (χ1n) is 10.1. The molecule has 0 bridgehead atoms. The maximum Gasteiger partial charge on any atom is 0.0431 e.